The topological polar surface area (TPSA) is 315 Å². The van der Waals surface area contributed by atoms with Crippen LogP contribution in [0, 0.1) is 22.7 Å². The number of methoxy groups -OCH3 is 2. The van der Waals surface area contributed by atoms with Crippen LogP contribution in [0.1, 0.15) is 132 Å². The van der Waals surface area contributed by atoms with Crippen molar-refractivity contribution in [1.29, 1.82) is 0 Å². The Labute approximate surface area is 531 Å². The fraction of sp³-hybridized carbons (Fsp3) is 0.633. The van der Waals surface area contributed by atoms with Gasteiger partial charge < -0.3 is 50.0 Å². The van der Waals surface area contributed by atoms with Crippen molar-refractivity contribution >= 4 is 99.8 Å². The van der Waals surface area contributed by atoms with Gasteiger partial charge in [-0.15, -0.1) is 6.58 Å². The van der Waals surface area contributed by atoms with E-state index in [9.17, 15) is 55.2 Å². The van der Waals surface area contributed by atoms with Crippen molar-refractivity contribution in [2.75, 3.05) is 27.3 Å². The number of carbonyl (C=O) groups is 8. The molecule has 24 nitrogen and oxygen atoms in total. The van der Waals surface area contributed by atoms with Crippen LogP contribution in [0.3, 0.4) is 0 Å². The monoisotopic (exact) mass is 1400 g/mol. The molecule has 0 aromatic heterocycles. The van der Waals surface area contributed by atoms with Gasteiger partial charge in [-0.1, -0.05) is 92.8 Å². The minimum Gasteiger partial charge on any atom is -0.467 e. The average molecular weight is 1400 g/mol. The van der Waals surface area contributed by atoms with E-state index < -0.39 is 126 Å². The molecule has 88 heavy (non-hydrogen) atoms. The first-order valence-corrected chi connectivity index (χ1v) is 34.0. The minimum absolute atomic E-state index is 0.0798. The molecule has 2 aromatic rings. The molecule has 2 aromatic carbocycles. The molecule has 6 aliphatic rings. The second kappa shape index (κ2) is 28.2. The second-order valence-corrected chi connectivity index (χ2v) is 30.5. The lowest BCUT2D eigenvalue weighted by Crippen LogP contribution is -2.59. The molecule has 6 amide bonds. The molecule has 486 valence electrons. The summed E-state index contributed by atoms with van der Waals surface area (Å²) in [4.78, 5) is 109. The van der Waals surface area contributed by atoms with Gasteiger partial charge in [-0.05, 0) is 129 Å². The Balaban J connectivity index is 0.000000251. The number of carbonyl (C=O) groups excluding carboxylic acids is 8. The first-order chi connectivity index (χ1) is 41.2. The maximum absolute atomic E-state index is 14.2. The smallest absolute Gasteiger partial charge is 0.408 e. The average Bonchev–Trinajstić information content (AvgIpc) is 1.64. The summed E-state index contributed by atoms with van der Waals surface area (Å²) in [5.74, 6) is -4.26. The third-order valence-electron chi connectivity index (χ3n) is 17.0. The number of alkyl carbamates (subject to hydrolysis) is 2. The molecular formula is C60H82Br2N6O18S2. The maximum Gasteiger partial charge on any atom is 0.408 e. The van der Waals surface area contributed by atoms with Crippen LogP contribution in [0.15, 0.2) is 79.9 Å². The highest BCUT2D eigenvalue weighted by atomic mass is 79.9. The van der Waals surface area contributed by atoms with Crippen LogP contribution < -0.4 is 21.3 Å². The lowest BCUT2D eigenvalue weighted by atomic mass is 9.85. The molecule has 2 saturated heterocycles. The maximum atomic E-state index is 14.2. The number of hydrogen-bond acceptors (Lipinski definition) is 18. The molecule has 8 rings (SSSR count). The van der Waals surface area contributed by atoms with E-state index in [-0.39, 0.29) is 66.2 Å². The number of rotatable bonds is 20. The Hall–Kier alpha value is -5.68. The zero-order valence-electron chi connectivity index (χ0n) is 51.1. The van der Waals surface area contributed by atoms with Gasteiger partial charge in [0.15, 0.2) is 0 Å². The van der Waals surface area contributed by atoms with E-state index in [0.29, 0.717) is 21.8 Å². The van der Waals surface area contributed by atoms with E-state index in [1.165, 1.54) is 48.3 Å². The van der Waals surface area contributed by atoms with Crippen LogP contribution in [0.25, 0.3) is 0 Å². The third-order valence-corrected chi connectivity index (χ3v) is 20.8. The van der Waals surface area contributed by atoms with Crippen LogP contribution in [-0.4, -0.2) is 161 Å². The van der Waals surface area contributed by atoms with Gasteiger partial charge in [0.2, 0.25) is 23.6 Å². The Morgan fingerprint density at radius 2 is 0.966 bits per heavy atom. The number of ether oxygens (including phenoxy) is 4. The van der Waals surface area contributed by atoms with Crippen molar-refractivity contribution < 1.29 is 82.5 Å². The molecular weight excluding hydrogens is 1320 g/mol. The summed E-state index contributed by atoms with van der Waals surface area (Å²) in [6.07, 6.45) is 5.24. The number of likely N-dealkylation sites (tertiary alicyclic amines) is 2. The zero-order chi connectivity index (χ0) is 64.9. The van der Waals surface area contributed by atoms with E-state index in [0.717, 1.165) is 51.4 Å². The Bertz CT molecular complexity index is 3170. The number of nitrogens with one attached hydrogen (secondary N) is 4. The summed E-state index contributed by atoms with van der Waals surface area (Å²) < 4.78 is 85.9. The number of nitrogens with zero attached hydrogens (tertiary/aromatic N) is 2. The SMILES string of the molecule is C=C[C@@H]1C[C@]1(NC(=O)[C@@H]1C[C@H](OS(=O)(=O)c2ccc(Br)cc2)CN1C(=O)[C@@H](NC(=O)OC1CCCC1)C(C)(C)C)C(=O)OC.CC[C@@H]1C[C@]1(NC(=O)[C@@H]1C[C@H](OS(=O)(=O)c2ccc(Br)cc2)CN1C(=O)[C@@H](NC(=O)OC1CCCC1)C(C)(C)C)C(=O)OC. The largest absolute Gasteiger partial charge is 0.467 e. The Morgan fingerprint density at radius 1 is 0.602 bits per heavy atom. The van der Waals surface area contributed by atoms with E-state index in [1.807, 2.05) is 6.92 Å². The molecule has 10 atom stereocenters. The van der Waals surface area contributed by atoms with Crippen molar-refractivity contribution in [3.05, 3.63) is 70.1 Å². The lowest BCUT2D eigenvalue weighted by molar-refractivity contribution is -0.149. The molecule has 4 aliphatic carbocycles. The fourth-order valence-electron chi connectivity index (χ4n) is 11.9. The second-order valence-electron chi connectivity index (χ2n) is 25.5. The minimum atomic E-state index is -4.26. The molecule has 2 aliphatic heterocycles. The predicted molar refractivity (Wildman–Crippen MR) is 325 cm³/mol. The van der Waals surface area contributed by atoms with Crippen LogP contribution in [0.5, 0.6) is 0 Å². The molecule has 4 N–H and O–H groups in total. The third kappa shape index (κ3) is 16.6. The summed E-state index contributed by atoms with van der Waals surface area (Å²) in [5.41, 5.74) is -4.17. The van der Waals surface area contributed by atoms with Gasteiger partial charge in [0.1, 0.15) is 47.5 Å². The van der Waals surface area contributed by atoms with Gasteiger partial charge in [-0.2, -0.15) is 16.8 Å². The van der Waals surface area contributed by atoms with Crippen molar-refractivity contribution in [3.8, 4) is 0 Å². The molecule has 6 fully saturated rings. The van der Waals surface area contributed by atoms with Gasteiger partial charge >= 0.3 is 24.1 Å². The first kappa shape index (κ1) is 69.8. The van der Waals surface area contributed by atoms with Crippen molar-refractivity contribution in [3.63, 3.8) is 0 Å². The standard InChI is InChI=1S/C30H42BrN3O9S.C30H40BrN3O9S/c2*1-6-18-16-30(18,27(37)41-5)33-25(35)23-15-21(43-44(39,40)22-13-11-19(31)12-14-22)17-34(23)26(36)24(29(2,3)4)32-28(38)42-20-9-7-8-10-20/h11-14,18,20-21,23-24H,6-10,15-17H2,1-5H3,(H,32,38)(H,33,35);6,11-14,18,20-21,23-24H,1,7-10,15-17H2,2-5H3,(H,32,38)(H,33,35)/t2*18-,21+,23+,24-,30-/m11/s1. The number of benzene rings is 2. The van der Waals surface area contributed by atoms with Crippen molar-refractivity contribution in [1.82, 2.24) is 31.1 Å². The molecule has 0 unspecified atom stereocenters. The van der Waals surface area contributed by atoms with Gasteiger partial charge in [-0.25, -0.2) is 19.2 Å². The van der Waals surface area contributed by atoms with Crippen molar-refractivity contribution in [2.45, 2.75) is 201 Å². The number of esters is 2. The van der Waals surface area contributed by atoms with Crippen LogP contribution in [-0.2, 0) is 76.3 Å². The molecule has 0 spiro atoms. The zero-order valence-corrected chi connectivity index (χ0v) is 55.9. The van der Waals surface area contributed by atoms with E-state index in [1.54, 1.807) is 71.9 Å². The summed E-state index contributed by atoms with van der Waals surface area (Å²) in [5, 5.41) is 10.9. The number of halogens is 2. The Morgan fingerprint density at radius 3 is 1.28 bits per heavy atom. The summed E-state index contributed by atoms with van der Waals surface area (Å²) in [6.45, 7) is 15.7. The van der Waals surface area contributed by atoms with Gasteiger partial charge in [0.05, 0.1) is 36.2 Å². The highest BCUT2D eigenvalue weighted by Gasteiger charge is 2.63. The molecule has 4 saturated carbocycles. The molecule has 0 radical (unpaired) electrons. The fourth-order valence-corrected chi connectivity index (χ4v) is 14.6. The quantitative estimate of drug-likeness (QED) is 0.0444. The van der Waals surface area contributed by atoms with E-state index >= 15 is 0 Å². The van der Waals surface area contributed by atoms with Gasteiger partial charge in [0, 0.05) is 40.8 Å². The molecule has 0 bridgehead atoms. The van der Waals surface area contributed by atoms with Crippen molar-refractivity contribution in [2.24, 2.45) is 22.7 Å². The predicted octanol–water partition coefficient (Wildman–Crippen LogP) is 7.11. The summed E-state index contributed by atoms with van der Waals surface area (Å²) in [7, 11) is -6.05. The van der Waals surface area contributed by atoms with E-state index in [4.69, 9.17) is 27.3 Å². The molecule has 28 heteroatoms. The number of hydrogen-bond donors (Lipinski definition) is 4. The van der Waals surface area contributed by atoms with Gasteiger partial charge in [0.25, 0.3) is 20.2 Å². The normalized spacial score (nSPS) is 26.1. The van der Waals surface area contributed by atoms with Crippen LogP contribution in [0.4, 0.5) is 9.59 Å². The van der Waals surface area contributed by atoms with Crippen LogP contribution in [0.2, 0.25) is 0 Å². The van der Waals surface area contributed by atoms with Gasteiger partial charge in [-0.3, -0.25) is 27.5 Å². The Kier molecular flexibility index (Phi) is 22.4. The van der Waals surface area contributed by atoms with E-state index in [2.05, 4.69) is 59.7 Å². The first-order valence-electron chi connectivity index (χ1n) is 29.6. The summed E-state index contributed by atoms with van der Waals surface area (Å²) in [6, 6.07) is 7.14. The molecule has 2 heterocycles. The summed E-state index contributed by atoms with van der Waals surface area (Å²) >= 11 is 6.55. The number of amides is 6. The highest BCUT2D eigenvalue weighted by molar-refractivity contribution is 9.10. The van der Waals surface area contributed by atoms with Crippen LogP contribution >= 0.6 is 31.9 Å². The lowest BCUT2D eigenvalue weighted by Gasteiger charge is -2.35. The highest BCUT2D eigenvalue weighted by Crippen LogP contribution is 2.48.